The van der Waals surface area contributed by atoms with Crippen LogP contribution in [0.5, 0.6) is 0 Å². The Morgan fingerprint density at radius 3 is 3.16 bits per heavy atom. The minimum Gasteiger partial charge on any atom is -0.481 e. The first-order valence-electron chi connectivity index (χ1n) is 5.40. The van der Waals surface area contributed by atoms with E-state index in [0.29, 0.717) is 23.8 Å². The summed E-state index contributed by atoms with van der Waals surface area (Å²) >= 11 is 2.94. The summed E-state index contributed by atoms with van der Waals surface area (Å²) in [5.74, 6) is 0.444. The zero-order valence-electron chi connectivity index (χ0n) is 10.2. The van der Waals surface area contributed by atoms with Crippen molar-refractivity contribution in [1.29, 1.82) is 0 Å². The average molecular weight is 300 g/mol. The summed E-state index contributed by atoms with van der Waals surface area (Å²) < 4.78 is 10.8. The number of nitrogens with zero attached hydrogens (tertiary/aromatic N) is 2. The van der Waals surface area contributed by atoms with Gasteiger partial charge >= 0.3 is 5.97 Å². The van der Waals surface area contributed by atoms with Gasteiger partial charge in [0.1, 0.15) is 6.61 Å². The molecular formula is C11H12N2O4S2. The van der Waals surface area contributed by atoms with Crippen molar-refractivity contribution in [3.05, 3.63) is 28.6 Å². The van der Waals surface area contributed by atoms with Gasteiger partial charge in [0.25, 0.3) is 0 Å². The van der Waals surface area contributed by atoms with Crippen LogP contribution in [0.25, 0.3) is 0 Å². The van der Waals surface area contributed by atoms with Crippen molar-refractivity contribution in [1.82, 2.24) is 10.1 Å². The standard InChI is InChI=1S/C11H12N2O4S2/c1-16-4-9-2-8(13-17-9)6-19-11-12-7(5-18-11)3-10(14)15/h2,5H,3-4,6H2,1H3,(H,14,15). The van der Waals surface area contributed by atoms with E-state index in [2.05, 4.69) is 10.1 Å². The van der Waals surface area contributed by atoms with E-state index in [9.17, 15) is 4.79 Å². The predicted octanol–water partition coefficient (Wildman–Crippen LogP) is 2.20. The van der Waals surface area contributed by atoms with Crippen molar-refractivity contribution in [2.75, 3.05) is 7.11 Å². The van der Waals surface area contributed by atoms with Crippen LogP contribution in [-0.4, -0.2) is 28.3 Å². The van der Waals surface area contributed by atoms with Gasteiger partial charge in [0.05, 0.1) is 17.8 Å². The molecule has 102 valence electrons. The molecule has 0 amide bonds. The third-order valence-corrected chi connectivity index (χ3v) is 4.20. The van der Waals surface area contributed by atoms with E-state index >= 15 is 0 Å². The molecule has 19 heavy (non-hydrogen) atoms. The van der Waals surface area contributed by atoms with Gasteiger partial charge in [0.2, 0.25) is 0 Å². The van der Waals surface area contributed by atoms with Crippen molar-refractivity contribution in [3.8, 4) is 0 Å². The van der Waals surface area contributed by atoms with Crippen LogP contribution in [0.2, 0.25) is 0 Å². The van der Waals surface area contributed by atoms with Gasteiger partial charge in [-0.1, -0.05) is 16.9 Å². The number of thioether (sulfide) groups is 1. The Kier molecular flexibility index (Phi) is 4.94. The molecule has 0 aliphatic rings. The van der Waals surface area contributed by atoms with E-state index in [0.717, 1.165) is 10.0 Å². The third-order valence-electron chi connectivity index (χ3n) is 2.10. The molecule has 0 saturated carbocycles. The van der Waals surface area contributed by atoms with Crippen LogP contribution < -0.4 is 0 Å². The van der Waals surface area contributed by atoms with Gasteiger partial charge in [-0.2, -0.15) is 0 Å². The zero-order valence-corrected chi connectivity index (χ0v) is 11.8. The van der Waals surface area contributed by atoms with E-state index in [1.807, 2.05) is 6.07 Å². The fourth-order valence-electron chi connectivity index (χ4n) is 1.36. The number of rotatable bonds is 7. The van der Waals surface area contributed by atoms with Crippen molar-refractivity contribution >= 4 is 29.1 Å². The quantitative estimate of drug-likeness (QED) is 0.784. The fourth-order valence-corrected chi connectivity index (χ4v) is 3.09. The second-order valence-corrected chi connectivity index (χ2v) is 5.76. The van der Waals surface area contributed by atoms with E-state index in [-0.39, 0.29) is 6.42 Å². The summed E-state index contributed by atoms with van der Waals surface area (Å²) in [4.78, 5) is 14.8. The lowest BCUT2D eigenvalue weighted by Crippen LogP contribution is -1.99. The summed E-state index contributed by atoms with van der Waals surface area (Å²) in [6.07, 6.45) is -0.0427. The van der Waals surface area contributed by atoms with Crippen LogP contribution in [0.1, 0.15) is 17.1 Å². The molecule has 6 nitrogen and oxygen atoms in total. The van der Waals surface area contributed by atoms with Crippen LogP contribution in [0.15, 0.2) is 20.3 Å². The number of carboxylic acids is 1. The smallest absolute Gasteiger partial charge is 0.309 e. The Hall–Kier alpha value is -1.38. The number of carboxylic acid groups (broad SMARTS) is 1. The number of methoxy groups -OCH3 is 1. The molecule has 0 aromatic carbocycles. The molecule has 0 unspecified atom stereocenters. The maximum atomic E-state index is 10.5. The predicted molar refractivity (Wildman–Crippen MR) is 70.2 cm³/mol. The molecule has 0 atom stereocenters. The number of ether oxygens (including phenoxy) is 1. The highest BCUT2D eigenvalue weighted by molar-refractivity contribution is 8.00. The lowest BCUT2D eigenvalue weighted by molar-refractivity contribution is -0.136. The Morgan fingerprint density at radius 2 is 2.42 bits per heavy atom. The highest BCUT2D eigenvalue weighted by atomic mass is 32.2. The maximum Gasteiger partial charge on any atom is 0.309 e. The summed E-state index contributed by atoms with van der Waals surface area (Å²) in [7, 11) is 1.59. The highest BCUT2D eigenvalue weighted by Crippen LogP contribution is 2.26. The van der Waals surface area contributed by atoms with Gasteiger partial charge in [-0.05, 0) is 0 Å². The van der Waals surface area contributed by atoms with Gasteiger partial charge < -0.3 is 14.4 Å². The van der Waals surface area contributed by atoms with Crippen LogP contribution >= 0.6 is 23.1 Å². The fraction of sp³-hybridized carbons (Fsp3) is 0.364. The van der Waals surface area contributed by atoms with Gasteiger partial charge in [0, 0.05) is 24.3 Å². The number of hydrogen-bond acceptors (Lipinski definition) is 7. The first-order chi connectivity index (χ1) is 9.17. The van der Waals surface area contributed by atoms with Crippen molar-refractivity contribution in [2.45, 2.75) is 23.1 Å². The molecule has 1 N–H and O–H groups in total. The number of carbonyl (C=O) groups is 1. The first kappa shape index (κ1) is 14.0. The van der Waals surface area contributed by atoms with Gasteiger partial charge in [-0.25, -0.2) is 4.98 Å². The van der Waals surface area contributed by atoms with Crippen LogP contribution in [0.4, 0.5) is 0 Å². The van der Waals surface area contributed by atoms with Gasteiger partial charge in [-0.15, -0.1) is 11.3 Å². The normalized spacial score (nSPS) is 10.8. The average Bonchev–Trinajstić information content (AvgIpc) is 2.96. The molecule has 0 radical (unpaired) electrons. The molecular weight excluding hydrogens is 288 g/mol. The lowest BCUT2D eigenvalue weighted by Gasteiger charge is -1.92. The lowest BCUT2D eigenvalue weighted by atomic mass is 10.3. The SMILES string of the molecule is COCc1cc(CSc2nc(CC(=O)O)cs2)no1. The Balaban J connectivity index is 1.87. The molecule has 2 rings (SSSR count). The van der Waals surface area contributed by atoms with E-state index < -0.39 is 5.97 Å². The van der Waals surface area contributed by atoms with Crippen molar-refractivity contribution < 1.29 is 19.2 Å². The molecule has 8 heteroatoms. The molecule has 2 aromatic rings. The maximum absolute atomic E-state index is 10.5. The number of hydrogen-bond donors (Lipinski definition) is 1. The Bertz CT molecular complexity index is 552. The first-order valence-corrected chi connectivity index (χ1v) is 7.26. The Morgan fingerprint density at radius 1 is 1.58 bits per heavy atom. The van der Waals surface area contributed by atoms with Crippen LogP contribution in [0, 0.1) is 0 Å². The van der Waals surface area contributed by atoms with Crippen LogP contribution in [-0.2, 0) is 28.3 Å². The second-order valence-electron chi connectivity index (χ2n) is 3.68. The number of aliphatic carboxylic acids is 1. The minimum absolute atomic E-state index is 0.0427. The minimum atomic E-state index is -0.873. The second kappa shape index (κ2) is 6.69. The monoisotopic (exact) mass is 300 g/mol. The summed E-state index contributed by atoms with van der Waals surface area (Å²) in [6.45, 7) is 0.400. The third kappa shape index (κ3) is 4.34. The zero-order chi connectivity index (χ0) is 13.7. The molecule has 0 saturated heterocycles. The van der Waals surface area contributed by atoms with Gasteiger partial charge in [0.15, 0.2) is 10.1 Å². The van der Waals surface area contributed by atoms with Gasteiger partial charge in [-0.3, -0.25) is 4.79 Å². The van der Waals surface area contributed by atoms with Crippen molar-refractivity contribution in [3.63, 3.8) is 0 Å². The topological polar surface area (TPSA) is 85.5 Å². The van der Waals surface area contributed by atoms with E-state index in [1.54, 1.807) is 12.5 Å². The molecule has 0 aliphatic carbocycles. The molecule has 0 aliphatic heterocycles. The molecule has 0 spiro atoms. The number of aromatic nitrogens is 2. The molecule has 2 aromatic heterocycles. The Labute approximate surface area is 117 Å². The molecule has 0 fully saturated rings. The molecule has 0 bridgehead atoms. The summed E-state index contributed by atoms with van der Waals surface area (Å²) in [6, 6.07) is 1.84. The highest BCUT2D eigenvalue weighted by Gasteiger charge is 2.09. The van der Waals surface area contributed by atoms with E-state index in [4.69, 9.17) is 14.4 Å². The summed E-state index contributed by atoms with van der Waals surface area (Å²) in [5, 5.41) is 14.3. The summed E-state index contributed by atoms with van der Waals surface area (Å²) in [5.41, 5.74) is 1.40. The largest absolute Gasteiger partial charge is 0.481 e. The molecule has 2 heterocycles. The number of thiazole rings is 1. The van der Waals surface area contributed by atoms with E-state index in [1.165, 1.54) is 23.1 Å². The van der Waals surface area contributed by atoms with Crippen molar-refractivity contribution in [2.24, 2.45) is 0 Å². The van der Waals surface area contributed by atoms with Crippen LogP contribution in [0.3, 0.4) is 0 Å².